The van der Waals surface area contributed by atoms with Crippen LogP contribution in [-0.4, -0.2) is 65.7 Å². The molecule has 2 aliphatic heterocycles. The van der Waals surface area contributed by atoms with Crippen molar-refractivity contribution in [2.24, 2.45) is 11.8 Å². The number of hydrogen-bond donors (Lipinski definition) is 1. The topological polar surface area (TPSA) is 105 Å². The molecule has 0 saturated carbocycles. The van der Waals surface area contributed by atoms with E-state index in [1.807, 2.05) is 19.1 Å². The minimum atomic E-state index is -3.33. The Morgan fingerprint density at radius 3 is 2.36 bits per heavy atom. The molecule has 230 valence electrons. The Kier molecular flexibility index (Phi) is 10.5. The number of nitrogens with one attached hydrogen (secondary N) is 1. The fourth-order valence-electron chi connectivity index (χ4n) is 6.27. The van der Waals surface area contributed by atoms with Gasteiger partial charge in [-0.15, -0.1) is 0 Å². The zero-order chi connectivity index (χ0) is 30.4. The second-order valence-electron chi connectivity index (χ2n) is 11.6. The average molecular weight is 600 g/mol. The third-order valence-corrected chi connectivity index (χ3v) is 9.73. The van der Waals surface area contributed by atoms with Crippen molar-refractivity contribution in [2.45, 2.75) is 76.3 Å². The second kappa shape index (κ2) is 13.9. The molecule has 1 N–H and O–H groups in total. The third kappa shape index (κ3) is 7.26. The Morgan fingerprint density at radius 2 is 1.71 bits per heavy atom. The number of anilines is 2. The van der Waals surface area contributed by atoms with Crippen LogP contribution in [0.1, 0.15) is 59.3 Å². The minimum absolute atomic E-state index is 0.232. The molecule has 4 atom stereocenters. The monoisotopic (exact) mass is 599 g/mol. The van der Waals surface area contributed by atoms with Crippen LogP contribution in [-0.2, 0) is 19.3 Å². The van der Waals surface area contributed by atoms with E-state index in [0.717, 1.165) is 30.5 Å². The summed E-state index contributed by atoms with van der Waals surface area (Å²) in [6.07, 6.45) is 6.82. The standard InChI is InChI=1S/C32H45N3O6S/c1-6-8-9-10-23(7-2)26-17-27(20-33-19-26)41-31(36)34-21-22(3)35(32(37)40-4)29-16-13-25(18-30(29)34)24-11-14-28(15-12-24)42(5,38)39/h11-16,18,22-23,26-27,33H,6-10,17,19-21H2,1-5H3. The molecule has 2 aliphatic rings. The molecule has 2 aromatic carbocycles. The van der Waals surface area contributed by atoms with Crippen LogP contribution in [0.3, 0.4) is 0 Å². The van der Waals surface area contributed by atoms with E-state index < -0.39 is 22.0 Å². The van der Waals surface area contributed by atoms with E-state index in [9.17, 15) is 18.0 Å². The fourth-order valence-corrected chi connectivity index (χ4v) is 6.90. The van der Waals surface area contributed by atoms with E-state index >= 15 is 0 Å². The van der Waals surface area contributed by atoms with Crippen LogP contribution in [0, 0.1) is 11.8 Å². The van der Waals surface area contributed by atoms with E-state index in [1.54, 1.807) is 40.1 Å². The number of ether oxygens (including phenoxy) is 2. The first-order valence-corrected chi connectivity index (χ1v) is 17.0. The molecule has 42 heavy (non-hydrogen) atoms. The van der Waals surface area contributed by atoms with Crippen molar-refractivity contribution >= 4 is 33.4 Å². The highest BCUT2D eigenvalue weighted by Gasteiger charge is 2.38. The van der Waals surface area contributed by atoms with Gasteiger partial charge in [0, 0.05) is 12.8 Å². The van der Waals surface area contributed by atoms with E-state index in [4.69, 9.17) is 9.47 Å². The smallest absolute Gasteiger partial charge is 0.414 e. The zero-order valence-electron chi connectivity index (χ0n) is 25.5. The highest BCUT2D eigenvalue weighted by atomic mass is 32.2. The lowest BCUT2D eigenvalue weighted by Crippen LogP contribution is -2.53. The van der Waals surface area contributed by atoms with Gasteiger partial charge in [0.15, 0.2) is 9.84 Å². The summed E-state index contributed by atoms with van der Waals surface area (Å²) in [4.78, 5) is 29.9. The first-order valence-electron chi connectivity index (χ1n) is 15.1. The summed E-state index contributed by atoms with van der Waals surface area (Å²) in [5.74, 6) is 1.06. The van der Waals surface area contributed by atoms with Crippen LogP contribution >= 0.6 is 0 Å². The number of carbonyl (C=O) groups excluding carboxylic acids is 2. The van der Waals surface area contributed by atoms with Crippen molar-refractivity contribution in [1.29, 1.82) is 0 Å². The largest absolute Gasteiger partial charge is 0.452 e. The Hall–Kier alpha value is -3.11. The number of amides is 2. The number of nitrogens with zero attached hydrogens (tertiary/aromatic N) is 2. The van der Waals surface area contributed by atoms with Crippen molar-refractivity contribution in [3.8, 4) is 11.1 Å². The predicted octanol–water partition coefficient (Wildman–Crippen LogP) is 6.26. The van der Waals surface area contributed by atoms with Crippen molar-refractivity contribution in [2.75, 3.05) is 42.8 Å². The van der Waals surface area contributed by atoms with Gasteiger partial charge in [0.05, 0.1) is 36.0 Å². The summed E-state index contributed by atoms with van der Waals surface area (Å²) in [7, 11) is -1.99. The fraction of sp³-hybridized carbons (Fsp3) is 0.562. The highest BCUT2D eigenvalue weighted by molar-refractivity contribution is 7.90. The lowest BCUT2D eigenvalue weighted by atomic mass is 9.80. The Balaban J connectivity index is 1.59. The van der Waals surface area contributed by atoms with Gasteiger partial charge in [0.1, 0.15) is 6.10 Å². The molecule has 0 aromatic heterocycles. The molecule has 1 saturated heterocycles. The number of piperidine rings is 1. The third-order valence-electron chi connectivity index (χ3n) is 8.60. The number of hydrogen-bond acceptors (Lipinski definition) is 7. The molecule has 0 aliphatic carbocycles. The van der Waals surface area contributed by atoms with Crippen LogP contribution in [0.5, 0.6) is 0 Å². The number of carbonyl (C=O) groups is 2. The molecule has 2 aromatic rings. The van der Waals surface area contributed by atoms with Crippen LogP contribution in [0.2, 0.25) is 0 Å². The van der Waals surface area contributed by atoms with Gasteiger partial charge in [-0.1, -0.05) is 64.2 Å². The van der Waals surface area contributed by atoms with Gasteiger partial charge in [0.25, 0.3) is 0 Å². The molecule has 9 nitrogen and oxygen atoms in total. The van der Waals surface area contributed by atoms with Gasteiger partial charge >= 0.3 is 12.2 Å². The van der Waals surface area contributed by atoms with E-state index in [2.05, 4.69) is 19.2 Å². The molecule has 0 spiro atoms. The molecular formula is C32H45N3O6S. The van der Waals surface area contributed by atoms with Crippen LogP contribution in [0.4, 0.5) is 21.0 Å². The van der Waals surface area contributed by atoms with E-state index in [1.165, 1.54) is 39.0 Å². The Labute approximate surface area is 250 Å². The summed E-state index contributed by atoms with van der Waals surface area (Å²) in [6, 6.07) is 11.8. The molecule has 10 heteroatoms. The van der Waals surface area contributed by atoms with E-state index in [-0.39, 0.29) is 23.6 Å². The lowest BCUT2D eigenvalue weighted by Gasteiger charge is -2.41. The van der Waals surface area contributed by atoms with Gasteiger partial charge in [0.2, 0.25) is 0 Å². The predicted molar refractivity (Wildman–Crippen MR) is 166 cm³/mol. The Bertz CT molecular complexity index is 1350. The molecule has 2 heterocycles. The number of unbranched alkanes of at least 4 members (excludes halogenated alkanes) is 2. The number of rotatable bonds is 9. The average Bonchev–Trinajstić information content (AvgIpc) is 2.98. The SMILES string of the molecule is CCCCCC(CC)C1CNCC(OC(=O)N2CC(C)N(C(=O)OC)c3ccc(-c4ccc(S(C)(=O)=O)cc4)cc32)C1. The quantitative estimate of drug-likeness (QED) is 0.339. The lowest BCUT2D eigenvalue weighted by molar-refractivity contribution is 0.0586. The maximum absolute atomic E-state index is 13.8. The number of benzene rings is 2. The summed E-state index contributed by atoms with van der Waals surface area (Å²) in [5, 5.41) is 3.49. The zero-order valence-corrected chi connectivity index (χ0v) is 26.3. The van der Waals surface area contributed by atoms with Gasteiger partial charge in [-0.3, -0.25) is 9.80 Å². The van der Waals surface area contributed by atoms with Gasteiger partial charge < -0.3 is 14.8 Å². The van der Waals surface area contributed by atoms with Crippen LogP contribution < -0.4 is 15.1 Å². The molecule has 4 unspecified atom stereocenters. The summed E-state index contributed by atoms with van der Waals surface area (Å²) in [5.41, 5.74) is 2.66. The van der Waals surface area contributed by atoms with Gasteiger partial charge in [-0.05, 0) is 67.1 Å². The first kappa shape index (κ1) is 31.8. The van der Waals surface area contributed by atoms with Crippen molar-refractivity contribution < 1.29 is 27.5 Å². The first-order chi connectivity index (χ1) is 20.1. The molecule has 0 bridgehead atoms. The van der Waals surface area contributed by atoms with E-state index in [0.29, 0.717) is 29.8 Å². The molecule has 4 rings (SSSR count). The highest BCUT2D eigenvalue weighted by Crippen LogP contribution is 2.40. The molecule has 1 fully saturated rings. The summed E-state index contributed by atoms with van der Waals surface area (Å²) >= 11 is 0. The minimum Gasteiger partial charge on any atom is -0.452 e. The number of sulfone groups is 1. The van der Waals surface area contributed by atoms with Crippen LogP contribution in [0.25, 0.3) is 11.1 Å². The maximum atomic E-state index is 13.8. The van der Waals surface area contributed by atoms with Gasteiger partial charge in [-0.25, -0.2) is 18.0 Å². The molecular weight excluding hydrogens is 554 g/mol. The van der Waals surface area contributed by atoms with Crippen molar-refractivity contribution in [1.82, 2.24) is 5.32 Å². The van der Waals surface area contributed by atoms with Crippen molar-refractivity contribution in [3.63, 3.8) is 0 Å². The molecule has 2 amide bonds. The second-order valence-corrected chi connectivity index (χ2v) is 13.6. The van der Waals surface area contributed by atoms with Crippen molar-refractivity contribution in [3.05, 3.63) is 42.5 Å². The number of fused-ring (bicyclic) bond motifs is 1. The maximum Gasteiger partial charge on any atom is 0.414 e. The van der Waals surface area contributed by atoms with Gasteiger partial charge in [-0.2, -0.15) is 0 Å². The Morgan fingerprint density at radius 1 is 1.00 bits per heavy atom. The molecule has 0 radical (unpaired) electrons. The van der Waals surface area contributed by atoms with Crippen LogP contribution in [0.15, 0.2) is 47.4 Å². The normalized spacial score (nSPS) is 21.4. The number of methoxy groups -OCH3 is 1. The summed E-state index contributed by atoms with van der Waals surface area (Å²) in [6.45, 7) is 8.15. The summed E-state index contributed by atoms with van der Waals surface area (Å²) < 4.78 is 35.1.